The van der Waals surface area contributed by atoms with Crippen LogP contribution in [-0.2, 0) is 23.1 Å². The van der Waals surface area contributed by atoms with Crippen LogP contribution in [0.3, 0.4) is 0 Å². The molecule has 1 rings (SSSR count). The summed E-state index contributed by atoms with van der Waals surface area (Å²) in [6.45, 7) is 5.20. The molecule has 1 saturated heterocycles. The number of methoxy groups -OCH3 is 1. The summed E-state index contributed by atoms with van der Waals surface area (Å²) >= 11 is 0. The molecule has 3 atom stereocenters. The Morgan fingerprint density at radius 3 is 2.11 bits per heavy atom. The molecule has 0 aromatic rings. The van der Waals surface area contributed by atoms with Crippen LogP contribution in [0.5, 0.6) is 0 Å². The lowest BCUT2D eigenvalue weighted by atomic mass is 10.0. The number of unbranched alkanes of at least 4 members (excludes halogenated alkanes) is 8. The second-order valence-corrected chi connectivity index (χ2v) is 8.57. The second-order valence-electron chi connectivity index (χ2n) is 7.17. The summed E-state index contributed by atoms with van der Waals surface area (Å²) in [5.41, 5.74) is 5.09. The first-order valence-electron chi connectivity index (χ1n) is 11.0. The van der Waals surface area contributed by atoms with E-state index in [1.807, 2.05) is 0 Å². The van der Waals surface area contributed by atoms with Crippen LogP contribution in [0, 0.1) is 0 Å². The zero-order chi connectivity index (χ0) is 21.1. The third-order valence-corrected chi connectivity index (χ3v) is 5.65. The first-order valence-corrected chi connectivity index (χ1v) is 12.5. The van der Waals surface area contributed by atoms with Gasteiger partial charge in [0.1, 0.15) is 0 Å². The number of rotatable bonds is 17. The molecule has 3 N–H and O–H groups in total. The van der Waals surface area contributed by atoms with Gasteiger partial charge in [0.2, 0.25) is 0 Å². The van der Waals surface area contributed by atoms with E-state index < -0.39 is 14.1 Å². The summed E-state index contributed by atoms with van der Waals surface area (Å²) in [5.74, 6) is 0. The number of phosphoric ester groups is 1. The van der Waals surface area contributed by atoms with Gasteiger partial charge >= 0.3 is 7.82 Å². The molecule has 0 spiro atoms. The van der Waals surface area contributed by atoms with Crippen molar-refractivity contribution in [1.29, 1.82) is 0 Å². The number of hydrogen-bond acceptors (Lipinski definition) is 6. The summed E-state index contributed by atoms with van der Waals surface area (Å²) in [7, 11) is -2.62. The van der Waals surface area contributed by atoms with E-state index in [-0.39, 0.29) is 13.2 Å². The van der Waals surface area contributed by atoms with Crippen molar-refractivity contribution in [2.24, 2.45) is 5.73 Å². The van der Waals surface area contributed by atoms with Gasteiger partial charge in [0.25, 0.3) is 0 Å². The molecule has 7 nitrogen and oxygen atoms in total. The van der Waals surface area contributed by atoms with Crippen LogP contribution in [0.4, 0.5) is 0 Å². The quantitative estimate of drug-likeness (QED) is 0.189. The Labute approximate surface area is 172 Å². The molecule has 1 fully saturated rings. The van der Waals surface area contributed by atoms with Crippen LogP contribution in [0.2, 0.25) is 0 Å². The molecule has 8 heteroatoms. The smallest absolute Gasteiger partial charge is 0.378 e. The van der Waals surface area contributed by atoms with Crippen LogP contribution in [-0.4, -0.2) is 44.2 Å². The van der Waals surface area contributed by atoms with Crippen LogP contribution < -0.4 is 5.73 Å². The highest BCUT2D eigenvalue weighted by Gasteiger charge is 2.25. The molecular weight excluding hydrogens is 381 g/mol. The molecule has 0 aromatic heterocycles. The number of ether oxygens (including phenoxy) is 2. The summed E-state index contributed by atoms with van der Waals surface area (Å²) in [6.07, 6.45) is 15.9. The highest BCUT2D eigenvalue weighted by molar-refractivity contribution is 7.47. The molecular formula is C20H44NO6P. The van der Waals surface area contributed by atoms with E-state index in [1.54, 1.807) is 6.92 Å². The van der Waals surface area contributed by atoms with E-state index in [1.165, 1.54) is 77.7 Å². The first-order chi connectivity index (χ1) is 13.5. The predicted octanol–water partition coefficient (Wildman–Crippen LogP) is 5.16. The third-order valence-electron chi connectivity index (χ3n) is 4.64. The van der Waals surface area contributed by atoms with E-state index in [2.05, 4.69) is 16.0 Å². The highest BCUT2D eigenvalue weighted by atomic mass is 31.2. The van der Waals surface area contributed by atoms with Crippen molar-refractivity contribution in [2.75, 3.05) is 26.9 Å². The maximum Gasteiger partial charge on any atom is 0.474 e. The van der Waals surface area contributed by atoms with Gasteiger partial charge in [0.15, 0.2) is 6.29 Å². The Bertz CT molecular complexity index is 378. The van der Waals surface area contributed by atoms with E-state index in [9.17, 15) is 4.57 Å². The normalized spacial score (nSPS) is 19.2. The van der Waals surface area contributed by atoms with Gasteiger partial charge in [-0.2, -0.15) is 0 Å². The van der Waals surface area contributed by atoms with Crippen molar-refractivity contribution >= 4 is 7.82 Å². The molecule has 0 amide bonds. The van der Waals surface area contributed by atoms with E-state index in [4.69, 9.17) is 20.1 Å². The van der Waals surface area contributed by atoms with Gasteiger partial charge in [0.05, 0.1) is 12.7 Å². The highest BCUT2D eigenvalue weighted by Crippen LogP contribution is 2.44. The largest absolute Gasteiger partial charge is 0.474 e. The summed E-state index contributed by atoms with van der Waals surface area (Å²) < 4.78 is 30.4. The number of hydrogen-bond donors (Lipinski definition) is 2. The van der Waals surface area contributed by atoms with Crippen LogP contribution >= 0.6 is 7.82 Å². The minimum atomic E-state index is -4.00. The fourth-order valence-corrected chi connectivity index (χ4v) is 3.76. The molecule has 0 radical (unpaired) electrons. The average Bonchev–Trinajstić information content (AvgIpc) is 2.65. The van der Waals surface area contributed by atoms with Crippen LogP contribution in [0.1, 0.15) is 90.9 Å². The van der Waals surface area contributed by atoms with Gasteiger partial charge in [-0.3, -0.25) is 9.05 Å². The van der Waals surface area contributed by atoms with Crippen molar-refractivity contribution in [2.45, 2.75) is 103 Å². The minimum absolute atomic E-state index is 0.0199. The maximum absolute atomic E-state index is 11.1. The third kappa shape index (κ3) is 16.9. The molecule has 0 aromatic carbocycles. The standard InChI is InChI=1S/C14H28O.C6H16NO5P/c1-2-3-4-5-6-7-8-9-10-11-14-12-13-15-14;1-3-6(10-2)12-13(8,9)11-5-4-7/h14H,2-13H2,1H3;6H,3-5,7H2,1-2H3,(H,8,9). The van der Waals surface area contributed by atoms with Crippen molar-refractivity contribution < 1.29 is 28.0 Å². The van der Waals surface area contributed by atoms with Crippen LogP contribution in [0.15, 0.2) is 0 Å². The molecule has 28 heavy (non-hydrogen) atoms. The molecule has 1 aliphatic heterocycles. The lowest BCUT2D eigenvalue weighted by Crippen LogP contribution is -2.26. The van der Waals surface area contributed by atoms with E-state index >= 15 is 0 Å². The monoisotopic (exact) mass is 425 g/mol. The topological polar surface area (TPSA) is 100 Å². The zero-order valence-corrected chi connectivity index (χ0v) is 19.2. The van der Waals surface area contributed by atoms with Crippen LogP contribution in [0.25, 0.3) is 0 Å². The number of nitrogens with two attached hydrogens (primary N) is 1. The summed E-state index contributed by atoms with van der Waals surface area (Å²) in [4.78, 5) is 9.05. The maximum atomic E-state index is 11.1. The van der Waals surface area contributed by atoms with Crippen molar-refractivity contribution in [3.8, 4) is 0 Å². The fraction of sp³-hybridized carbons (Fsp3) is 1.00. The lowest BCUT2D eigenvalue weighted by molar-refractivity contribution is -0.0733. The molecule has 170 valence electrons. The summed E-state index contributed by atoms with van der Waals surface area (Å²) in [5, 5.41) is 0. The molecule has 0 saturated carbocycles. The Kier molecular flexibility index (Phi) is 19.0. The van der Waals surface area contributed by atoms with Gasteiger partial charge in [-0.15, -0.1) is 0 Å². The first kappa shape index (κ1) is 28.0. The van der Waals surface area contributed by atoms with Crippen molar-refractivity contribution in [3.05, 3.63) is 0 Å². The van der Waals surface area contributed by atoms with Crippen molar-refractivity contribution in [3.63, 3.8) is 0 Å². The Morgan fingerprint density at radius 1 is 1.11 bits per heavy atom. The molecule has 0 aliphatic carbocycles. The van der Waals surface area contributed by atoms with Gasteiger partial charge in [-0.05, 0) is 19.3 Å². The van der Waals surface area contributed by atoms with Gasteiger partial charge in [0, 0.05) is 20.3 Å². The predicted molar refractivity (Wildman–Crippen MR) is 113 cm³/mol. The minimum Gasteiger partial charge on any atom is -0.378 e. The lowest BCUT2D eigenvalue weighted by Gasteiger charge is -2.26. The van der Waals surface area contributed by atoms with E-state index in [0.717, 1.165) is 6.61 Å². The van der Waals surface area contributed by atoms with Gasteiger partial charge < -0.3 is 20.1 Å². The summed E-state index contributed by atoms with van der Waals surface area (Å²) in [6, 6.07) is 0. The van der Waals surface area contributed by atoms with Gasteiger partial charge in [-0.25, -0.2) is 4.57 Å². The Hall–Kier alpha value is -0.0100. The van der Waals surface area contributed by atoms with E-state index in [0.29, 0.717) is 12.5 Å². The van der Waals surface area contributed by atoms with Crippen molar-refractivity contribution in [1.82, 2.24) is 0 Å². The molecule has 1 aliphatic rings. The Balaban J connectivity index is 0.000000528. The number of phosphoric acid groups is 1. The van der Waals surface area contributed by atoms with Gasteiger partial charge in [-0.1, -0.05) is 71.6 Å². The Morgan fingerprint density at radius 2 is 1.68 bits per heavy atom. The zero-order valence-electron chi connectivity index (χ0n) is 18.3. The molecule has 1 heterocycles. The average molecular weight is 426 g/mol. The fourth-order valence-electron chi connectivity index (χ4n) is 2.83. The molecule has 0 bridgehead atoms. The second kappa shape index (κ2) is 19.0. The SMILES string of the molecule is CCC(OC)OP(=O)(O)OCCN.CCCCCCCCCCCC1CCO1. The molecule has 3 unspecified atom stereocenters.